The lowest BCUT2D eigenvalue weighted by atomic mass is 10.2. The van der Waals surface area contributed by atoms with E-state index in [1.165, 1.54) is 0 Å². The van der Waals surface area contributed by atoms with E-state index in [9.17, 15) is 9.59 Å². The van der Waals surface area contributed by atoms with Gasteiger partial charge in [-0.25, -0.2) is 4.68 Å². The topological polar surface area (TPSA) is 85.3 Å². The Labute approximate surface area is 162 Å². The average molecular weight is 388 g/mol. The highest BCUT2D eigenvalue weighted by atomic mass is 32.2. The lowest BCUT2D eigenvalue weighted by molar-refractivity contribution is -0.121. The van der Waals surface area contributed by atoms with Gasteiger partial charge in [-0.15, -0.1) is 0 Å². The summed E-state index contributed by atoms with van der Waals surface area (Å²) < 4.78 is 7.01. The number of nitrogens with zero attached hydrogens (tertiary/aromatic N) is 2. The second-order valence-corrected chi connectivity index (χ2v) is 7.17. The molecule has 0 spiro atoms. The molecule has 1 aromatic heterocycles. The smallest absolute Gasteiger partial charge is 0.256 e. The lowest BCUT2D eigenvalue weighted by Crippen LogP contribution is -2.29. The maximum Gasteiger partial charge on any atom is 0.256 e. The van der Waals surface area contributed by atoms with Crippen LogP contribution in [0.4, 0.5) is 5.82 Å². The van der Waals surface area contributed by atoms with Crippen LogP contribution in [0.2, 0.25) is 0 Å². The molecule has 2 N–H and O–H groups in total. The van der Waals surface area contributed by atoms with E-state index in [2.05, 4.69) is 15.7 Å². The van der Waals surface area contributed by atoms with Crippen molar-refractivity contribution in [3.63, 3.8) is 0 Å². The molecule has 0 atom stereocenters. The van der Waals surface area contributed by atoms with Gasteiger partial charge in [0.25, 0.3) is 5.91 Å². The number of aromatic nitrogens is 2. The molecule has 2 amide bonds. The zero-order valence-electron chi connectivity index (χ0n) is 15.6. The van der Waals surface area contributed by atoms with Crippen molar-refractivity contribution in [3.8, 4) is 5.75 Å². The summed E-state index contributed by atoms with van der Waals surface area (Å²) in [5.74, 6) is 2.58. The third kappa shape index (κ3) is 4.63. The van der Waals surface area contributed by atoms with E-state index in [-0.39, 0.29) is 18.4 Å². The Morgan fingerprint density at radius 2 is 2.00 bits per heavy atom. The first-order valence-electron chi connectivity index (χ1n) is 9.09. The van der Waals surface area contributed by atoms with Crippen molar-refractivity contribution < 1.29 is 14.3 Å². The van der Waals surface area contributed by atoms with Gasteiger partial charge in [0, 0.05) is 29.2 Å². The van der Waals surface area contributed by atoms with Gasteiger partial charge < -0.3 is 15.4 Å². The standard InChI is InChI=1S/C19H24N4O3S/c1-3-9-20-17(24)10-23-18(15-11-27-12-16(15)22-23)21-19(25)13-5-7-14(8-6-13)26-4-2/h5-8H,3-4,9-12H2,1-2H3,(H,20,24)(H,21,25). The Hall–Kier alpha value is -2.48. The first kappa shape index (κ1) is 19.3. The largest absolute Gasteiger partial charge is 0.494 e. The zero-order chi connectivity index (χ0) is 19.2. The van der Waals surface area contributed by atoms with Gasteiger partial charge in [-0.3, -0.25) is 9.59 Å². The summed E-state index contributed by atoms with van der Waals surface area (Å²) in [7, 11) is 0. The summed E-state index contributed by atoms with van der Waals surface area (Å²) >= 11 is 1.75. The maximum atomic E-state index is 12.7. The van der Waals surface area contributed by atoms with Crippen LogP contribution in [-0.2, 0) is 22.8 Å². The SMILES string of the molecule is CCCNC(=O)Cn1nc2c(c1NC(=O)c1ccc(OCC)cc1)CSC2. The van der Waals surface area contributed by atoms with Crippen LogP contribution in [0.1, 0.15) is 41.9 Å². The van der Waals surface area contributed by atoms with Crippen LogP contribution in [0.25, 0.3) is 0 Å². The molecule has 0 fully saturated rings. The quantitative estimate of drug-likeness (QED) is 0.726. The third-order valence-electron chi connectivity index (χ3n) is 4.14. The number of benzene rings is 1. The molecule has 0 aliphatic carbocycles. The second-order valence-electron chi connectivity index (χ2n) is 6.19. The fourth-order valence-electron chi connectivity index (χ4n) is 2.83. The number of amides is 2. The van der Waals surface area contributed by atoms with Crippen molar-refractivity contribution >= 4 is 29.4 Å². The van der Waals surface area contributed by atoms with E-state index in [0.717, 1.165) is 34.9 Å². The molecule has 144 valence electrons. The van der Waals surface area contributed by atoms with E-state index in [1.54, 1.807) is 40.7 Å². The minimum absolute atomic E-state index is 0.0938. The Bertz CT molecular complexity index is 817. The molecule has 2 heterocycles. The molecule has 1 aromatic carbocycles. The summed E-state index contributed by atoms with van der Waals surface area (Å²) in [6, 6.07) is 7.00. The first-order valence-corrected chi connectivity index (χ1v) is 10.2. The summed E-state index contributed by atoms with van der Waals surface area (Å²) in [4.78, 5) is 24.8. The van der Waals surface area contributed by atoms with Gasteiger partial charge in [-0.2, -0.15) is 16.9 Å². The van der Waals surface area contributed by atoms with Crippen molar-refractivity contribution in [1.82, 2.24) is 15.1 Å². The average Bonchev–Trinajstić information content (AvgIpc) is 3.23. The van der Waals surface area contributed by atoms with E-state index < -0.39 is 0 Å². The highest BCUT2D eigenvalue weighted by molar-refractivity contribution is 7.98. The van der Waals surface area contributed by atoms with Crippen LogP contribution in [0, 0.1) is 0 Å². The Morgan fingerprint density at radius 1 is 1.22 bits per heavy atom. The van der Waals surface area contributed by atoms with Crippen LogP contribution in [0.3, 0.4) is 0 Å². The monoisotopic (exact) mass is 388 g/mol. The highest BCUT2D eigenvalue weighted by Gasteiger charge is 2.25. The molecule has 2 aromatic rings. The lowest BCUT2D eigenvalue weighted by Gasteiger charge is -2.11. The molecule has 8 heteroatoms. The summed E-state index contributed by atoms with van der Waals surface area (Å²) in [6.07, 6.45) is 0.874. The fourth-order valence-corrected chi connectivity index (χ4v) is 3.86. The van der Waals surface area contributed by atoms with Crippen LogP contribution in [-0.4, -0.2) is 34.7 Å². The van der Waals surface area contributed by atoms with E-state index in [4.69, 9.17) is 4.74 Å². The zero-order valence-corrected chi connectivity index (χ0v) is 16.4. The van der Waals surface area contributed by atoms with Crippen molar-refractivity contribution in [2.24, 2.45) is 0 Å². The normalized spacial score (nSPS) is 12.5. The number of nitrogens with one attached hydrogen (secondary N) is 2. The molecule has 0 saturated heterocycles. The molecule has 3 rings (SSSR count). The van der Waals surface area contributed by atoms with Crippen molar-refractivity contribution in [2.45, 2.75) is 38.3 Å². The van der Waals surface area contributed by atoms with Crippen LogP contribution in [0.15, 0.2) is 24.3 Å². The number of hydrogen-bond acceptors (Lipinski definition) is 5. The second kappa shape index (κ2) is 8.94. The molecular weight excluding hydrogens is 364 g/mol. The first-order chi connectivity index (χ1) is 13.1. The molecule has 0 radical (unpaired) electrons. The predicted octanol–water partition coefficient (Wildman–Crippen LogP) is 2.81. The summed E-state index contributed by atoms with van der Waals surface area (Å²) in [5.41, 5.74) is 2.47. The molecule has 7 nitrogen and oxygen atoms in total. The maximum absolute atomic E-state index is 12.7. The van der Waals surface area contributed by atoms with E-state index in [1.807, 2.05) is 13.8 Å². The Morgan fingerprint density at radius 3 is 2.70 bits per heavy atom. The summed E-state index contributed by atoms with van der Waals surface area (Å²) in [6.45, 7) is 5.22. The highest BCUT2D eigenvalue weighted by Crippen LogP contribution is 2.34. The van der Waals surface area contributed by atoms with Gasteiger partial charge in [-0.1, -0.05) is 6.92 Å². The number of rotatable bonds is 8. The van der Waals surface area contributed by atoms with E-state index >= 15 is 0 Å². The number of hydrogen-bond donors (Lipinski definition) is 2. The molecule has 0 bridgehead atoms. The Balaban J connectivity index is 1.76. The molecule has 0 saturated carbocycles. The Kier molecular flexibility index (Phi) is 6.39. The number of carbonyl (C=O) groups is 2. The van der Waals surface area contributed by atoms with Crippen molar-refractivity contribution in [1.29, 1.82) is 0 Å². The van der Waals surface area contributed by atoms with Crippen LogP contribution in [0.5, 0.6) is 5.75 Å². The van der Waals surface area contributed by atoms with Crippen LogP contribution >= 0.6 is 11.8 Å². The number of anilines is 1. The number of thioether (sulfide) groups is 1. The van der Waals surface area contributed by atoms with Crippen LogP contribution < -0.4 is 15.4 Å². The molecule has 27 heavy (non-hydrogen) atoms. The fraction of sp³-hybridized carbons (Fsp3) is 0.421. The molecule has 0 unspecified atom stereocenters. The van der Waals surface area contributed by atoms with Crippen molar-refractivity contribution in [2.75, 3.05) is 18.5 Å². The number of carbonyl (C=O) groups excluding carboxylic acids is 2. The van der Waals surface area contributed by atoms with Gasteiger partial charge in [0.1, 0.15) is 18.1 Å². The molecular formula is C19H24N4O3S. The summed E-state index contributed by atoms with van der Waals surface area (Å²) in [5, 5.41) is 10.3. The predicted molar refractivity (Wildman–Crippen MR) is 106 cm³/mol. The van der Waals surface area contributed by atoms with Gasteiger partial charge in [0.2, 0.25) is 5.91 Å². The van der Waals surface area contributed by atoms with Gasteiger partial charge in [0.05, 0.1) is 12.3 Å². The number of fused-ring (bicyclic) bond motifs is 1. The molecule has 1 aliphatic rings. The van der Waals surface area contributed by atoms with Gasteiger partial charge in [-0.05, 0) is 37.6 Å². The minimum Gasteiger partial charge on any atom is -0.494 e. The van der Waals surface area contributed by atoms with Gasteiger partial charge in [0.15, 0.2) is 0 Å². The third-order valence-corrected chi connectivity index (χ3v) is 5.11. The van der Waals surface area contributed by atoms with Crippen molar-refractivity contribution in [3.05, 3.63) is 41.1 Å². The number of ether oxygens (including phenoxy) is 1. The molecule has 1 aliphatic heterocycles. The minimum atomic E-state index is -0.229. The van der Waals surface area contributed by atoms with E-state index in [0.29, 0.717) is 24.5 Å². The van der Waals surface area contributed by atoms with Gasteiger partial charge >= 0.3 is 0 Å².